The molecule has 0 aliphatic heterocycles. The number of hydrogen-bond donors (Lipinski definition) is 2. The molecular formula is C14H11F2N3OS. The van der Waals surface area contributed by atoms with Crippen molar-refractivity contribution in [2.24, 2.45) is 0 Å². The maximum atomic E-state index is 12.5. The maximum absolute atomic E-state index is 12.5. The van der Waals surface area contributed by atoms with Crippen molar-refractivity contribution in [3.05, 3.63) is 42.5 Å². The number of halogens is 2. The Balaban J connectivity index is 1.91. The fraction of sp³-hybridized carbons (Fsp3) is 0.0714. The lowest BCUT2D eigenvalue weighted by Crippen LogP contribution is -1.93. The van der Waals surface area contributed by atoms with E-state index in [0.717, 1.165) is 0 Å². The Hall–Kier alpha value is -2.28. The molecular weight excluding hydrogens is 296 g/mol. The molecule has 4 nitrogen and oxygen atoms in total. The van der Waals surface area contributed by atoms with Crippen molar-refractivity contribution in [3.63, 3.8) is 0 Å². The first-order valence-corrected chi connectivity index (χ1v) is 6.97. The van der Waals surface area contributed by atoms with Crippen LogP contribution in [0.1, 0.15) is 0 Å². The van der Waals surface area contributed by atoms with Gasteiger partial charge in [-0.3, -0.25) is 0 Å². The topological polar surface area (TPSA) is 64.1 Å². The predicted molar refractivity (Wildman–Crippen MR) is 80.0 cm³/mol. The summed E-state index contributed by atoms with van der Waals surface area (Å²) in [5, 5.41) is 2.91. The summed E-state index contributed by atoms with van der Waals surface area (Å²) in [6.07, 6.45) is 0. The second-order valence-electron chi connectivity index (χ2n) is 4.25. The van der Waals surface area contributed by atoms with Gasteiger partial charge in [-0.1, -0.05) is 23.9 Å². The van der Waals surface area contributed by atoms with Crippen LogP contribution in [0, 0.1) is 0 Å². The summed E-state index contributed by atoms with van der Waals surface area (Å²) < 4.78 is 30.6. The van der Waals surface area contributed by atoms with E-state index in [1.165, 1.54) is 0 Å². The molecule has 3 N–H and O–H groups in total. The van der Waals surface area contributed by atoms with E-state index in [2.05, 4.69) is 10.3 Å². The Bertz CT molecular complexity index is 776. The van der Waals surface area contributed by atoms with Crippen LogP contribution < -0.4 is 11.1 Å². The number of nitrogens with two attached hydrogens (primary N) is 1. The van der Waals surface area contributed by atoms with Crippen LogP contribution in [0.25, 0.3) is 11.1 Å². The number of thioether (sulfide) groups is 1. The van der Waals surface area contributed by atoms with E-state index in [1.807, 2.05) is 0 Å². The Kier molecular flexibility index (Phi) is 3.66. The molecule has 1 heterocycles. The summed E-state index contributed by atoms with van der Waals surface area (Å²) >= 11 is 0.468. The summed E-state index contributed by atoms with van der Waals surface area (Å²) in [5.41, 5.74) is 7.95. The molecule has 0 amide bonds. The molecule has 1 aromatic heterocycles. The van der Waals surface area contributed by atoms with E-state index in [4.69, 9.17) is 10.2 Å². The van der Waals surface area contributed by atoms with Crippen molar-refractivity contribution in [3.8, 4) is 0 Å². The van der Waals surface area contributed by atoms with Crippen molar-refractivity contribution in [1.82, 2.24) is 4.98 Å². The Morgan fingerprint density at radius 1 is 1.19 bits per heavy atom. The molecule has 0 aliphatic carbocycles. The van der Waals surface area contributed by atoms with Gasteiger partial charge in [-0.25, -0.2) is 0 Å². The van der Waals surface area contributed by atoms with E-state index >= 15 is 0 Å². The van der Waals surface area contributed by atoms with Crippen molar-refractivity contribution >= 4 is 40.3 Å². The molecule has 2 aromatic carbocycles. The number of nitrogens with one attached hydrogen (secondary N) is 1. The van der Waals surface area contributed by atoms with Crippen molar-refractivity contribution in [1.29, 1.82) is 0 Å². The predicted octanol–water partition coefficient (Wildman–Crippen LogP) is 4.47. The van der Waals surface area contributed by atoms with Crippen LogP contribution in [-0.4, -0.2) is 10.7 Å². The summed E-state index contributed by atoms with van der Waals surface area (Å²) in [4.78, 5) is 4.66. The summed E-state index contributed by atoms with van der Waals surface area (Å²) in [6.45, 7) is 0. The lowest BCUT2D eigenvalue weighted by atomic mass is 10.3. The molecule has 0 atom stereocenters. The maximum Gasteiger partial charge on any atom is 0.300 e. The molecule has 21 heavy (non-hydrogen) atoms. The molecule has 7 heteroatoms. The lowest BCUT2D eigenvalue weighted by Gasteiger charge is -2.08. The first-order valence-electron chi connectivity index (χ1n) is 6.09. The molecule has 0 unspecified atom stereocenters. The number of oxazole rings is 1. The zero-order chi connectivity index (χ0) is 14.8. The van der Waals surface area contributed by atoms with Crippen molar-refractivity contribution < 1.29 is 13.2 Å². The third-order valence-electron chi connectivity index (χ3n) is 2.76. The smallest absolute Gasteiger partial charge is 0.300 e. The number of fused-ring (bicyclic) bond motifs is 1. The molecule has 0 spiro atoms. The van der Waals surface area contributed by atoms with Gasteiger partial charge in [0.05, 0.1) is 5.69 Å². The summed E-state index contributed by atoms with van der Waals surface area (Å²) in [6, 6.07) is 12.1. The first kappa shape index (κ1) is 13.7. The third kappa shape index (κ3) is 3.08. The third-order valence-corrected chi connectivity index (χ3v) is 3.54. The van der Waals surface area contributed by atoms with Crippen LogP contribution in [0.2, 0.25) is 0 Å². The number of para-hydroxylation sites is 1. The minimum Gasteiger partial charge on any atom is -0.423 e. The van der Waals surface area contributed by atoms with Gasteiger partial charge in [-0.2, -0.15) is 13.8 Å². The number of nitrogens with zero attached hydrogens (tertiary/aromatic N) is 1. The quantitative estimate of drug-likeness (QED) is 0.550. The van der Waals surface area contributed by atoms with Gasteiger partial charge in [-0.05, 0) is 30.3 Å². The normalized spacial score (nSPS) is 11.2. The zero-order valence-corrected chi connectivity index (χ0v) is 11.5. The van der Waals surface area contributed by atoms with Gasteiger partial charge in [-0.15, -0.1) is 0 Å². The molecule has 3 rings (SSSR count). The highest BCUT2D eigenvalue weighted by Crippen LogP contribution is 2.33. The van der Waals surface area contributed by atoms with Gasteiger partial charge >= 0.3 is 0 Å². The number of aromatic nitrogens is 1. The van der Waals surface area contributed by atoms with Gasteiger partial charge in [0.15, 0.2) is 5.58 Å². The molecule has 0 radical (unpaired) electrons. The Labute approximate surface area is 123 Å². The molecule has 0 fully saturated rings. The van der Waals surface area contributed by atoms with E-state index in [9.17, 15) is 8.78 Å². The lowest BCUT2D eigenvalue weighted by molar-refractivity contribution is 0.252. The standard InChI is InChI=1S/C14H11F2N3OS/c15-13(16)21-12-4-2-1-3-9(12)18-14-19-10-7-8(17)5-6-11(10)20-14/h1-7,13H,17H2,(H,18,19). The molecule has 0 saturated carbocycles. The average molecular weight is 307 g/mol. The van der Waals surface area contributed by atoms with Crippen LogP contribution in [0.15, 0.2) is 51.8 Å². The molecule has 0 aliphatic rings. The van der Waals surface area contributed by atoms with Gasteiger partial charge < -0.3 is 15.5 Å². The van der Waals surface area contributed by atoms with Crippen LogP contribution in [0.3, 0.4) is 0 Å². The number of benzene rings is 2. The molecule has 0 saturated heterocycles. The van der Waals surface area contributed by atoms with E-state index < -0.39 is 5.76 Å². The SMILES string of the molecule is Nc1ccc2oc(Nc3ccccc3SC(F)F)nc2c1. The first-order chi connectivity index (χ1) is 10.1. The largest absolute Gasteiger partial charge is 0.423 e. The van der Waals surface area contributed by atoms with E-state index in [0.29, 0.717) is 39.1 Å². The number of rotatable bonds is 4. The highest BCUT2D eigenvalue weighted by atomic mass is 32.2. The van der Waals surface area contributed by atoms with Crippen molar-refractivity contribution in [2.45, 2.75) is 10.7 Å². The highest BCUT2D eigenvalue weighted by Gasteiger charge is 2.12. The minimum absolute atomic E-state index is 0.234. The Morgan fingerprint density at radius 2 is 2.00 bits per heavy atom. The second kappa shape index (κ2) is 5.61. The van der Waals surface area contributed by atoms with Gasteiger partial charge in [0.25, 0.3) is 11.8 Å². The van der Waals surface area contributed by atoms with Crippen LogP contribution in [-0.2, 0) is 0 Å². The highest BCUT2D eigenvalue weighted by molar-refractivity contribution is 7.99. The van der Waals surface area contributed by atoms with Crippen molar-refractivity contribution in [2.75, 3.05) is 11.1 Å². The number of anilines is 3. The zero-order valence-electron chi connectivity index (χ0n) is 10.7. The average Bonchev–Trinajstić information content (AvgIpc) is 2.82. The number of alkyl halides is 2. The Morgan fingerprint density at radius 3 is 2.81 bits per heavy atom. The monoisotopic (exact) mass is 307 g/mol. The van der Waals surface area contributed by atoms with Crippen LogP contribution in [0.5, 0.6) is 0 Å². The van der Waals surface area contributed by atoms with Gasteiger partial charge in [0, 0.05) is 10.6 Å². The molecule has 3 aromatic rings. The van der Waals surface area contributed by atoms with Crippen LogP contribution in [0.4, 0.5) is 26.2 Å². The fourth-order valence-corrected chi connectivity index (χ4v) is 2.48. The second-order valence-corrected chi connectivity index (χ2v) is 5.28. The van der Waals surface area contributed by atoms with Crippen LogP contribution >= 0.6 is 11.8 Å². The fourth-order valence-electron chi connectivity index (χ4n) is 1.88. The van der Waals surface area contributed by atoms with E-state index in [1.54, 1.807) is 42.5 Å². The van der Waals surface area contributed by atoms with E-state index in [-0.39, 0.29) is 6.01 Å². The van der Waals surface area contributed by atoms with Gasteiger partial charge in [0.1, 0.15) is 5.52 Å². The summed E-state index contributed by atoms with van der Waals surface area (Å²) in [7, 11) is 0. The van der Waals surface area contributed by atoms with Gasteiger partial charge in [0.2, 0.25) is 0 Å². The molecule has 108 valence electrons. The number of nitrogen functional groups attached to an aromatic ring is 1. The summed E-state index contributed by atoms with van der Waals surface area (Å²) in [5.74, 6) is -2.49. The molecule has 0 bridgehead atoms. The minimum atomic E-state index is -2.49. The number of hydrogen-bond acceptors (Lipinski definition) is 5.